The van der Waals surface area contributed by atoms with Crippen LogP contribution in [0.2, 0.25) is 0 Å². The molecule has 0 bridgehead atoms. The van der Waals surface area contributed by atoms with Crippen LogP contribution in [0.3, 0.4) is 0 Å². The summed E-state index contributed by atoms with van der Waals surface area (Å²) in [5.41, 5.74) is 1.30. The highest BCUT2D eigenvalue weighted by molar-refractivity contribution is 7.79. The van der Waals surface area contributed by atoms with Gasteiger partial charge in [-0.05, 0) is 34.8 Å². The van der Waals surface area contributed by atoms with E-state index >= 15 is 0 Å². The fraction of sp³-hybridized carbons (Fsp3) is 0. The predicted octanol–water partition coefficient (Wildman–Crippen LogP) is 2.30. The topological polar surface area (TPSA) is 60.4 Å². The molecule has 0 radical (unpaired) electrons. The maximum atomic E-state index is 10.8. The first-order valence-electron chi connectivity index (χ1n) is 4.66. The Balaban J connectivity index is 2.53. The van der Waals surface area contributed by atoms with E-state index < -0.39 is 11.1 Å². The Morgan fingerprint density at radius 2 is 1.81 bits per heavy atom. The molecule has 2 aromatic rings. The molecule has 0 aliphatic heterocycles. The highest BCUT2D eigenvalue weighted by Gasteiger charge is 2.03. The molecule has 0 heterocycles. The summed E-state index contributed by atoms with van der Waals surface area (Å²) in [6, 6.07) is 13.2. The van der Waals surface area contributed by atoms with Crippen molar-refractivity contribution in [2.75, 3.05) is 0 Å². The Bertz CT molecular complexity index is 537. The van der Waals surface area contributed by atoms with Crippen LogP contribution in [-0.2, 0) is 11.1 Å². The Hall–Kier alpha value is -1.65. The summed E-state index contributed by atoms with van der Waals surface area (Å²) in [6.45, 7) is 0. The SMILES string of the molecule is O=S([O-])c1cccc(-c2ccccc2O)c1. The largest absolute Gasteiger partial charge is 0.768 e. The van der Waals surface area contributed by atoms with Gasteiger partial charge in [-0.1, -0.05) is 30.3 Å². The number of aromatic hydroxyl groups is 1. The zero-order valence-electron chi connectivity index (χ0n) is 8.29. The van der Waals surface area contributed by atoms with Crippen molar-refractivity contribution in [3.8, 4) is 16.9 Å². The van der Waals surface area contributed by atoms with Gasteiger partial charge in [0, 0.05) is 10.5 Å². The Morgan fingerprint density at radius 3 is 2.50 bits per heavy atom. The molecule has 0 saturated heterocycles. The lowest BCUT2D eigenvalue weighted by Crippen LogP contribution is -1.89. The van der Waals surface area contributed by atoms with Gasteiger partial charge < -0.3 is 9.66 Å². The number of phenolic OH excluding ortho intramolecular Hbond substituents is 1. The van der Waals surface area contributed by atoms with Crippen LogP contribution in [0, 0.1) is 0 Å². The zero-order valence-corrected chi connectivity index (χ0v) is 9.11. The van der Waals surface area contributed by atoms with E-state index in [0.29, 0.717) is 11.1 Å². The second kappa shape index (κ2) is 4.47. The van der Waals surface area contributed by atoms with E-state index in [2.05, 4.69) is 0 Å². The third kappa shape index (κ3) is 2.13. The molecule has 1 unspecified atom stereocenters. The molecule has 0 aromatic heterocycles. The van der Waals surface area contributed by atoms with E-state index in [1.54, 1.807) is 36.4 Å². The average molecular weight is 233 g/mol. The minimum atomic E-state index is -2.25. The number of hydrogen-bond donors (Lipinski definition) is 1. The molecule has 0 aliphatic rings. The average Bonchev–Trinajstić information content (AvgIpc) is 2.30. The van der Waals surface area contributed by atoms with Crippen molar-refractivity contribution in [1.82, 2.24) is 0 Å². The maximum Gasteiger partial charge on any atom is 0.123 e. The van der Waals surface area contributed by atoms with Crippen molar-refractivity contribution in [3.63, 3.8) is 0 Å². The molecule has 0 saturated carbocycles. The summed E-state index contributed by atoms with van der Waals surface area (Å²) in [4.78, 5) is 0.209. The fourth-order valence-corrected chi connectivity index (χ4v) is 1.90. The van der Waals surface area contributed by atoms with Crippen LogP contribution in [0.25, 0.3) is 11.1 Å². The van der Waals surface area contributed by atoms with Crippen molar-refractivity contribution in [2.45, 2.75) is 4.90 Å². The van der Waals surface area contributed by atoms with Crippen LogP contribution in [-0.4, -0.2) is 13.9 Å². The van der Waals surface area contributed by atoms with Crippen molar-refractivity contribution >= 4 is 11.1 Å². The van der Waals surface area contributed by atoms with E-state index in [-0.39, 0.29) is 10.6 Å². The van der Waals surface area contributed by atoms with Gasteiger partial charge in [-0.2, -0.15) is 0 Å². The lowest BCUT2D eigenvalue weighted by Gasteiger charge is -2.08. The molecule has 0 aliphatic carbocycles. The molecule has 1 N–H and O–H groups in total. The van der Waals surface area contributed by atoms with Crippen molar-refractivity contribution in [2.24, 2.45) is 0 Å². The quantitative estimate of drug-likeness (QED) is 0.809. The first-order valence-corrected chi connectivity index (χ1v) is 5.73. The number of benzene rings is 2. The van der Waals surface area contributed by atoms with Crippen LogP contribution in [0.15, 0.2) is 53.4 Å². The van der Waals surface area contributed by atoms with E-state index in [1.807, 2.05) is 0 Å². The van der Waals surface area contributed by atoms with Gasteiger partial charge in [-0.3, -0.25) is 4.21 Å². The first kappa shape index (κ1) is 10.9. The molecule has 0 spiro atoms. The summed E-state index contributed by atoms with van der Waals surface area (Å²) in [6.07, 6.45) is 0. The van der Waals surface area contributed by atoms with Crippen LogP contribution >= 0.6 is 0 Å². The summed E-state index contributed by atoms with van der Waals surface area (Å²) in [5.74, 6) is 0.135. The summed E-state index contributed by atoms with van der Waals surface area (Å²) >= 11 is -2.25. The van der Waals surface area contributed by atoms with Crippen LogP contribution in [0.4, 0.5) is 0 Å². The molecule has 82 valence electrons. The minimum Gasteiger partial charge on any atom is -0.768 e. The second-order valence-electron chi connectivity index (χ2n) is 3.28. The smallest absolute Gasteiger partial charge is 0.123 e. The summed E-state index contributed by atoms with van der Waals surface area (Å²) in [7, 11) is 0. The maximum absolute atomic E-state index is 10.8. The van der Waals surface area contributed by atoms with E-state index in [9.17, 15) is 13.9 Å². The standard InChI is InChI=1S/C12H10O3S/c13-12-7-2-1-6-11(12)9-4-3-5-10(8-9)16(14)15/h1-8,13H,(H,14,15)/p-1. The number of rotatable bonds is 2. The number of phenols is 1. The molecule has 1 atom stereocenters. The van der Waals surface area contributed by atoms with Gasteiger partial charge in [-0.15, -0.1) is 0 Å². The molecule has 2 rings (SSSR count). The fourth-order valence-electron chi connectivity index (χ4n) is 1.49. The van der Waals surface area contributed by atoms with Gasteiger partial charge >= 0.3 is 0 Å². The molecule has 2 aromatic carbocycles. The monoisotopic (exact) mass is 233 g/mol. The van der Waals surface area contributed by atoms with Gasteiger partial charge in [0.05, 0.1) is 0 Å². The predicted molar refractivity (Wildman–Crippen MR) is 60.7 cm³/mol. The highest BCUT2D eigenvalue weighted by atomic mass is 32.2. The molecule has 3 nitrogen and oxygen atoms in total. The summed E-state index contributed by atoms with van der Waals surface area (Å²) < 4.78 is 21.6. The van der Waals surface area contributed by atoms with Crippen molar-refractivity contribution in [1.29, 1.82) is 0 Å². The summed E-state index contributed by atoms with van der Waals surface area (Å²) in [5, 5.41) is 9.64. The van der Waals surface area contributed by atoms with E-state index in [4.69, 9.17) is 0 Å². The first-order chi connectivity index (χ1) is 7.68. The molecule has 0 fully saturated rings. The third-order valence-electron chi connectivity index (χ3n) is 2.24. The van der Waals surface area contributed by atoms with E-state index in [0.717, 1.165) is 0 Å². The lowest BCUT2D eigenvalue weighted by atomic mass is 10.1. The molecular weight excluding hydrogens is 224 g/mol. The lowest BCUT2D eigenvalue weighted by molar-refractivity contribution is 0.477. The zero-order chi connectivity index (χ0) is 11.5. The van der Waals surface area contributed by atoms with Crippen LogP contribution in [0.1, 0.15) is 0 Å². The number of hydrogen-bond acceptors (Lipinski definition) is 3. The van der Waals surface area contributed by atoms with E-state index in [1.165, 1.54) is 12.1 Å². The van der Waals surface area contributed by atoms with Crippen LogP contribution in [0.5, 0.6) is 5.75 Å². The third-order valence-corrected chi connectivity index (χ3v) is 2.88. The Labute approximate surface area is 95.7 Å². The second-order valence-corrected chi connectivity index (χ2v) is 4.22. The van der Waals surface area contributed by atoms with Gasteiger partial charge in [0.15, 0.2) is 0 Å². The minimum absolute atomic E-state index is 0.135. The number of para-hydroxylation sites is 1. The Kier molecular flexibility index (Phi) is 3.03. The molecule has 4 heteroatoms. The highest BCUT2D eigenvalue weighted by Crippen LogP contribution is 2.29. The van der Waals surface area contributed by atoms with Gasteiger partial charge in [0.1, 0.15) is 5.75 Å². The Morgan fingerprint density at radius 1 is 1.06 bits per heavy atom. The van der Waals surface area contributed by atoms with Crippen molar-refractivity contribution in [3.05, 3.63) is 48.5 Å². The van der Waals surface area contributed by atoms with Gasteiger partial charge in [0.2, 0.25) is 0 Å². The molecule has 0 amide bonds. The molecular formula is C12H9O3S-. The van der Waals surface area contributed by atoms with Crippen LogP contribution < -0.4 is 0 Å². The van der Waals surface area contributed by atoms with Gasteiger partial charge in [0.25, 0.3) is 0 Å². The van der Waals surface area contributed by atoms with Crippen molar-refractivity contribution < 1.29 is 13.9 Å². The van der Waals surface area contributed by atoms with Gasteiger partial charge in [-0.25, -0.2) is 0 Å². The normalized spacial score (nSPS) is 12.3. The molecule has 16 heavy (non-hydrogen) atoms.